The van der Waals surface area contributed by atoms with Crippen LogP contribution in [-0.2, 0) is 0 Å². The summed E-state index contributed by atoms with van der Waals surface area (Å²) in [5, 5.41) is 9.63. The average molecular weight is 239 g/mol. The SMILES string of the molecule is CN(CC(C)(C)O)C(=O)c1cccc(S)c1. The van der Waals surface area contributed by atoms with Crippen LogP contribution in [0, 0.1) is 0 Å². The number of likely N-dealkylation sites (N-methyl/N-ethyl adjacent to an activating group) is 1. The zero-order valence-electron chi connectivity index (χ0n) is 9.77. The molecule has 1 N–H and O–H groups in total. The maximum absolute atomic E-state index is 12.0. The fraction of sp³-hybridized carbons (Fsp3) is 0.417. The molecular weight excluding hydrogens is 222 g/mol. The first kappa shape index (κ1) is 13.1. The van der Waals surface area contributed by atoms with Gasteiger partial charge in [-0.1, -0.05) is 6.07 Å². The lowest BCUT2D eigenvalue weighted by atomic mass is 10.1. The van der Waals surface area contributed by atoms with Crippen molar-refractivity contribution in [3.8, 4) is 0 Å². The standard InChI is InChI=1S/C12H17NO2S/c1-12(2,15)8-13(3)11(14)9-5-4-6-10(16)7-9/h4-7,15-16H,8H2,1-3H3. The predicted molar refractivity (Wildman–Crippen MR) is 67.0 cm³/mol. The lowest BCUT2D eigenvalue weighted by Crippen LogP contribution is -2.39. The van der Waals surface area contributed by atoms with Crippen molar-refractivity contribution in [1.29, 1.82) is 0 Å². The number of amides is 1. The van der Waals surface area contributed by atoms with Gasteiger partial charge in [-0.25, -0.2) is 0 Å². The maximum Gasteiger partial charge on any atom is 0.253 e. The molecule has 0 aliphatic carbocycles. The molecule has 0 atom stereocenters. The van der Waals surface area contributed by atoms with Crippen LogP contribution in [0.25, 0.3) is 0 Å². The highest BCUT2D eigenvalue weighted by molar-refractivity contribution is 7.80. The van der Waals surface area contributed by atoms with Gasteiger partial charge in [-0.3, -0.25) is 4.79 Å². The van der Waals surface area contributed by atoms with E-state index < -0.39 is 5.60 Å². The molecule has 3 nitrogen and oxygen atoms in total. The van der Waals surface area contributed by atoms with Gasteiger partial charge in [0, 0.05) is 24.1 Å². The van der Waals surface area contributed by atoms with E-state index in [1.54, 1.807) is 39.1 Å². The molecular formula is C12H17NO2S. The molecule has 0 unspecified atom stereocenters. The van der Waals surface area contributed by atoms with E-state index in [4.69, 9.17) is 0 Å². The summed E-state index contributed by atoms with van der Waals surface area (Å²) in [6, 6.07) is 7.05. The molecule has 0 saturated carbocycles. The van der Waals surface area contributed by atoms with Crippen LogP contribution in [0.2, 0.25) is 0 Å². The van der Waals surface area contributed by atoms with Crippen LogP contribution in [0.1, 0.15) is 24.2 Å². The Kier molecular flexibility index (Phi) is 3.99. The van der Waals surface area contributed by atoms with Gasteiger partial charge in [0.1, 0.15) is 0 Å². The summed E-state index contributed by atoms with van der Waals surface area (Å²) in [5.74, 6) is -0.113. The molecule has 0 saturated heterocycles. The van der Waals surface area contributed by atoms with Gasteiger partial charge < -0.3 is 10.0 Å². The van der Waals surface area contributed by atoms with Crippen molar-refractivity contribution in [2.45, 2.75) is 24.3 Å². The van der Waals surface area contributed by atoms with E-state index >= 15 is 0 Å². The van der Waals surface area contributed by atoms with Crippen LogP contribution in [-0.4, -0.2) is 35.1 Å². The average Bonchev–Trinajstić information content (AvgIpc) is 2.14. The van der Waals surface area contributed by atoms with Crippen molar-refractivity contribution in [3.63, 3.8) is 0 Å². The third kappa shape index (κ3) is 3.87. The summed E-state index contributed by atoms with van der Waals surface area (Å²) in [4.78, 5) is 14.2. The first-order valence-electron chi connectivity index (χ1n) is 5.06. The van der Waals surface area contributed by atoms with Gasteiger partial charge in [0.15, 0.2) is 0 Å². The van der Waals surface area contributed by atoms with Gasteiger partial charge >= 0.3 is 0 Å². The minimum absolute atomic E-state index is 0.113. The number of thiol groups is 1. The van der Waals surface area contributed by atoms with E-state index in [0.717, 1.165) is 4.90 Å². The van der Waals surface area contributed by atoms with Crippen molar-refractivity contribution in [2.24, 2.45) is 0 Å². The number of carbonyl (C=O) groups is 1. The second kappa shape index (κ2) is 4.89. The predicted octanol–water partition coefficient (Wildman–Crippen LogP) is 1.82. The Balaban J connectivity index is 2.78. The Morgan fingerprint density at radius 3 is 2.62 bits per heavy atom. The van der Waals surface area contributed by atoms with Crippen LogP contribution in [0.4, 0.5) is 0 Å². The van der Waals surface area contributed by atoms with E-state index in [2.05, 4.69) is 12.6 Å². The second-order valence-electron chi connectivity index (χ2n) is 4.52. The Morgan fingerprint density at radius 2 is 2.12 bits per heavy atom. The Labute approximate surface area is 101 Å². The Hall–Kier alpha value is -1.00. The number of benzene rings is 1. The highest BCUT2D eigenvalue weighted by atomic mass is 32.1. The largest absolute Gasteiger partial charge is 0.389 e. The summed E-state index contributed by atoms with van der Waals surface area (Å²) >= 11 is 4.18. The topological polar surface area (TPSA) is 40.5 Å². The van der Waals surface area contributed by atoms with Gasteiger partial charge in [0.05, 0.1) is 5.60 Å². The molecule has 0 aliphatic heterocycles. The fourth-order valence-corrected chi connectivity index (χ4v) is 1.74. The molecule has 0 aliphatic rings. The van der Waals surface area contributed by atoms with Crippen molar-refractivity contribution < 1.29 is 9.90 Å². The molecule has 0 spiro atoms. The molecule has 4 heteroatoms. The van der Waals surface area contributed by atoms with Crippen molar-refractivity contribution in [3.05, 3.63) is 29.8 Å². The number of hydrogen-bond donors (Lipinski definition) is 2. The molecule has 1 aromatic carbocycles. The fourth-order valence-electron chi connectivity index (χ4n) is 1.51. The first-order valence-corrected chi connectivity index (χ1v) is 5.51. The highest BCUT2D eigenvalue weighted by Gasteiger charge is 2.20. The lowest BCUT2D eigenvalue weighted by molar-refractivity contribution is 0.0368. The second-order valence-corrected chi connectivity index (χ2v) is 5.04. The zero-order valence-corrected chi connectivity index (χ0v) is 10.7. The molecule has 0 radical (unpaired) electrons. The summed E-state index contributed by atoms with van der Waals surface area (Å²) in [7, 11) is 1.67. The van der Waals surface area contributed by atoms with Gasteiger partial charge in [-0.15, -0.1) is 12.6 Å². The van der Waals surface area contributed by atoms with Crippen LogP contribution in [0.15, 0.2) is 29.2 Å². The van der Waals surface area contributed by atoms with Gasteiger partial charge in [-0.05, 0) is 32.0 Å². The van der Waals surface area contributed by atoms with E-state index in [-0.39, 0.29) is 5.91 Å². The smallest absolute Gasteiger partial charge is 0.253 e. The molecule has 88 valence electrons. The molecule has 0 aromatic heterocycles. The van der Waals surface area contributed by atoms with E-state index in [1.165, 1.54) is 4.90 Å². The van der Waals surface area contributed by atoms with Crippen LogP contribution < -0.4 is 0 Å². The normalized spacial score (nSPS) is 11.3. The van der Waals surface area contributed by atoms with E-state index in [9.17, 15) is 9.90 Å². The van der Waals surface area contributed by atoms with Crippen LogP contribution >= 0.6 is 12.6 Å². The minimum Gasteiger partial charge on any atom is -0.389 e. The molecule has 0 heterocycles. The van der Waals surface area contributed by atoms with Gasteiger partial charge in [0.25, 0.3) is 5.91 Å². The van der Waals surface area contributed by atoms with Crippen LogP contribution in [0.5, 0.6) is 0 Å². The number of aliphatic hydroxyl groups is 1. The van der Waals surface area contributed by atoms with Gasteiger partial charge in [0.2, 0.25) is 0 Å². The quantitative estimate of drug-likeness (QED) is 0.790. The highest BCUT2D eigenvalue weighted by Crippen LogP contribution is 2.12. The molecule has 16 heavy (non-hydrogen) atoms. The monoisotopic (exact) mass is 239 g/mol. The number of rotatable bonds is 3. The summed E-state index contributed by atoms with van der Waals surface area (Å²) in [6.07, 6.45) is 0. The van der Waals surface area contributed by atoms with Crippen molar-refractivity contribution in [1.82, 2.24) is 4.90 Å². The molecule has 0 fully saturated rings. The first-order chi connectivity index (χ1) is 7.29. The zero-order chi connectivity index (χ0) is 12.3. The Bertz CT molecular complexity index is 385. The number of carbonyl (C=O) groups excluding carboxylic acids is 1. The summed E-state index contributed by atoms with van der Waals surface area (Å²) in [6.45, 7) is 3.64. The minimum atomic E-state index is -0.886. The molecule has 1 rings (SSSR count). The molecule has 1 amide bonds. The summed E-state index contributed by atoms with van der Waals surface area (Å²) in [5.41, 5.74) is -0.303. The third-order valence-electron chi connectivity index (χ3n) is 2.06. The summed E-state index contributed by atoms with van der Waals surface area (Å²) < 4.78 is 0. The van der Waals surface area contributed by atoms with Crippen LogP contribution in [0.3, 0.4) is 0 Å². The van der Waals surface area contributed by atoms with E-state index in [0.29, 0.717) is 12.1 Å². The third-order valence-corrected chi connectivity index (χ3v) is 2.34. The lowest BCUT2D eigenvalue weighted by Gasteiger charge is -2.25. The Morgan fingerprint density at radius 1 is 1.50 bits per heavy atom. The number of nitrogens with zero attached hydrogens (tertiary/aromatic N) is 1. The van der Waals surface area contributed by atoms with Crippen molar-refractivity contribution in [2.75, 3.05) is 13.6 Å². The maximum atomic E-state index is 12.0. The van der Waals surface area contributed by atoms with Crippen molar-refractivity contribution >= 4 is 18.5 Å². The number of hydrogen-bond acceptors (Lipinski definition) is 3. The van der Waals surface area contributed by atoms with Gasteiger partial charge in [-0.2, -0.15) is 0 Å². The molecule has 0 bridgehead atoms. The van der Waals surface area contributed by atoms with E-state index in [1.807, 2.05) is 6.07 Å². The molecule has 1 aromatic rings.